The van der Waals surface area contributed by atoms with Crippen LogP contribution in [0.4, 0.5) is 17.1 Å². The fraction of sp³-hybridized carbons (Fsp3) is 0. The zero-order valence-electron chi connectivity index (χ0n) is 42.3. The number of furan rings is 1. The lowest BCUT2D eigenvalue weighted by Crippen LogP contribution is -2.10. The molecule has 2 heterocycles. The van der Waals surface area contributed by atoms with E-state index in [4.69, 9.17) is 26.3 Å². The monoisotopic (exact) mass is 540 g/mol. The van der Waals surface area contributed by atoms with Crippen LogP contribution in [0.25, 0.3) is 53.2 Å². The highest BCUT2D eigenvalue weighted by atomic mass is 32.1. The first kappa shape index (κ1) is 9.11. The number of nitrogens with zero attached hydrogens (tertiary/aromatic N) is 1. The zero-order chi connectivity index (χ0) is 45.8. The minimum Gasteiger partial charge on any atom is -0.456 e. The van der Waals surface area contributed by atoms with Crippen LogP contribution in [0.15, 0.2) is 143 Å². The van der Waals surface area contributed by atoms with Gasteiger partial charge in [0.1, 0.15) is 11.2 Å². The van der Waals surface area contributed by atoms with E-state index < -0.39 is 189 Å². The number of rotatable bonds is 4. The molecule has 2 aromatic heterocycles. The van der Waals surface area contributed by atoms with Crippen molar-refractivity contribution in [3.8, 4) is 11.1 Å². The number of thiophene rings is 1. The van der Waals surface area contributed by atoms with Crippen molar-refractivity contribution in [3.05, 3.63) is 139 Å². The molecular weight excluding hydrogens is 494 g/mol. The van der Waals surface area contributed by atoms with Gasteiger partial charge >= 0.3 is 0 Å². The van der Waals surface area contributed by atoms with E-state index in [0.29, 0.717) is 16.2 Å². The summed E-state index contributed by atoms with van der Waals surface area (Å²) < 4.78 is 207. The van der Waals surface area contributed by atoms with Crippen LogP contribution in [0, 0.1) is 0 Å². The molecule has 6 aromatic carbocycles. The van der Waals surface area contributed by atoms with E-state index in [1.807, 2.05) is 0 Å². The maximum atomic E-state index is 9.62. The molecule has 0 saturated heterocycles. The van der Waals surface area contributed by atoms with Gasteiger partial charge in [0.25, 0.3) is 0 Å². The van der Waals surface area contributed by atoms with Crippen molar-refractivity contribution in [2.75, 3.05) is 4.90 Å². The normalized spacial score (nSPS) is 19.8. The van der Waals surface area contributed by atoms with Gasteiger partial charge in [0.15, 0.2) is 0 Å². The maximum absolute atomic E-state index is 9.62. The van der Waals surface area contributed by atoms with Gasteiger partial charge in [-0.3, -0.25) is 0 Å². The third kappa shape index (κ3) is 3.63. The molecule has 0 aliphatic heterocycles. The Morgan fingerprint density at radius 3 is 2.05 bits per heavy atom. The van der Waals surface area contributed by atoms with Gasteiger partial charge in [0, 0.05) is 37.6 Å². The molecule has 0 aliphatic carbocycles. The van der Waals surface area contributed by atoms with Crippen molar-refractivity contribution in [3.63, 3.8) is 0 Å². The number of fused-ring (bicyclic) bond motifs is 6. The summed E-state index contributed by atoms with van der Waals surface area (Å²) in [7, 11) is 0. The lowest BCUT2D eigenvalue weighted by atomic mass is 10.0. The van der Waals surface area contributed by atoms with Gasteiger partial charge in [0.2, 0.25) is 0 Å². The fourth-order valence-corrected chi connectivity index (χ4v) is 5.19. The van der Waals surface area contributed by atoms with Crippen LogP contribution in [0.2, 0.25) is 0 Å². The Morgan fingerprint density at radius 2 is 1.18 bits per heavy atom. The highest BCUT2D eigenvalue weighted by Crippen LogP contribution is 2.45. The van der Waals surface area contributed by atoms with E-state index in [2.05, 4.69) is 0 Å². The number of anilines is 3. The van der Waals surface area contributed by atoms with E-state index in [1.165, 1.54) is 0 Å². The van der Waals surface area contributed by atoms with E-state index in [0.717, 1.165) is 0 Å². The molecule has 39 heavy (non-hydrogen) atoms. The highest BCUT2D eigenvalue weighted by molar-refractivity contribution is 7.26. The smallest absolute Gasteiger partial charge is 0.135 e. The van der Waals surface area contributed by atoms with Gasteiger partial charge < -0.3 is 9.32 Å². The lowest BCUT2D eigenvalue weighted by Gasteiger charge is -2.26. The summed E-state index contributed by atoms with van der Waals surface area (Å²) in [5, 5.41) is -1.51. The summed E-state index contributed by atoms with van der Waals surface area (Å²) in [5.74, 6) is 0. The first-order valence-corrected chi connectivity index (χ1v) is 12.1. The van der Waals surface area contributed by atoms with Crippen molar-refractivity contribution in [1.82, 2.24) is 0 Å². The van der Waals surface area contributed by atoms with Crippen LogP contribution in [-0.2, 0) is 0 Å². The predicted molar refractivity (Wildman–Crippen MR) is 167 cm³/mol. The summed E-state index contributed by atoms with van der Waals surface area (Å²) in [5.41, 5.74) is -4.96. The van der Waals surface area contributed by atoms with Crippen molar-refractivity contribution in [1.29, 1.82) is 0 Å². The minimum atomic E-state index is -1.07. The second-order valence-electron chi connectivity index (χ2n) is 8.03. The highest BCUT2D eigenvalue weighted by Gasteiger charge is 2.19. The van der Waals surface area contributed by atoms with Crippen LogP contribution in [-0.4, -0.2) is 0 Å². The summed E-state index contributed by atoms with van der Waals surface area (Å²) in [6.45, 7) is 0. The van der Waals surface area contributed by atoms with E-state index in [9.17, 15) is 9.60 Å². The fourth-order valence-electron chi connectivity index (χ4n) is 4.13. The number of benzene rings is 6. The van der Waals surface area contributed by atoms with Crippen molar-refractivity contribution in [2.45, 2.75) is 0 Å². The van der Waals surface area contributed by atoms with Gasteiger partial charge in [-0.2, -0.15) is 0 Å². The first-order valence-electron chi connectivity index (χ1n) is 22.7. The molecule has 0 radical (unpaired) electrons. The van der Waals surface area contributed by atoms with Crippen LogP contribution >= 0.6 is 11.3 Å². The Morgan fingerprint density at radius 1 is 0.513 bits per heavy atom. The molecular formula is C36H23NOS. The second kappa shape index (κ2) is 8.87. The Balaban J connectivity index is 1.64. The SMILES string of the molecule is [2H]c1c([2H])c([2H])c(-c2c([2H])c([2H])c(N(c3c([2H])c([2H])c4oc5c([2H])c([2H])c([2H])c([2H])c5c4c3[2H])c3c([2H])c([2H])c([2H])c4c3sc3c([2H])c([2H])c([2H])c([2H])c34)c([2H])c2[2H])c([2H])c1[2H]. The number of hydrogen-bond acceptors (Lipinski definition) is 3. The van der Waals surface area contributed by atoms with E-state index >= 15 is 0 Å². The minimum absolute atomic E-state index is 0.174. The summed E-state index contributed by atoms with van der Waals surface area (Å²) in [6.07, 6.45) is 0. The predicted octanol–water partition coefficient (Wildman–Crippen LogP) is 11.1. The molecule has 3 heteroatoms. The Bertz CT molecular complexity index is 3350. The molecule has 0 unspecified atom stereocenters. The Kier molecular flexibility index (Phi) is 2.07. The van der Waals surface area contributed by atoms with Crippen LogP contribution < -0.4 is 4.90 Å². The zero-order valence-corrected chi connectivity index (χ0v) is 20.1. The number of para-hydroxylation sites is 1. The lowest BCUT2D eigenvalue weighted by molar-refractivity contribution is 0.669. The van der Waals surface area contributed by atoms with E-state index in [1.54, 1.807) is 0 Å². The van der Waals surface area contributed by atoms with Gasteiger partial charge in [-0.05, 0) is 59.5 Å². The molecule has 8 rings (SSSR count). The molecule has 0 atom stereocenters. The van der Waals surface area contributed by atoms with Gasteiger partial charge in [-0.25, -0.2) is 0 Å². The molecule has 0 N–H and O–H groups in total. The van der Waals surface area contributed by atoms with Crippen molar-refractivity contribution >= 4 is 70.5 Å². The first-order chi connectivity index (χ1) is 28.9. The van der Waals surface area contributed by atoms with Crippen LogP contribution in [0.3, 0.4) is 0 Å². The summed E-state index contributed by atoms with van der Waals surface area (Å²) >= 11 is 0.578. The Hall–Kier alpha value is -4.86. The van der Waals surface area contributed by atoms with Gasteiger partial charge in [-0.1, -0.05) is 90.6 Å². The molecule has 8 aromatic rings. The molecule has 0 bridgehead atoms. The van der Waals surface area contributed by atoms with Gasteiger partial charge in [-0.15, -0.1) is 11.3 Å². The standard InChI is InChI=1S/C36H23NOS/c1-2-9-24(10-3-1)25-17-19-26(20-18-25)37(27-21-22-34-31(23-27)28-11-4-6-15-33(28)38-34)32-14-8-13-30-29-12-5-7-16-35(29)39-36(30)32/h1-23H/i1D,2D,3D,4D,5D,6D,7D,8D,9D,10D,11D,12D,13D,14D,15D,16D,17D,18D,19D,20D,21D,22D,23D. The quantitative estimate of drug-likeness (QED) is 0.221. The molecule has 0 aliphatic rings. The third-order valence-electron chi connectivity index (χ3n) is 5.82. The molecule has 0 fully saturated rings. The molecule has 0 saturated carbocycles. The average molecular weight is 541 g/mol. The third-order valence-corrected chi connectivity index (χ3v) is 6.93. The van der Waals surface area contributed by atoms with Gasteiger partial charge in [0.05, 0.1) is 41.9 Å². The van der Waals surface area contributed by atoms with Crippen molar-refractivity contribution in [2.24, 2.45) is 0 Å². The average Bonchev–Trinajstić information content (AvgIpc) is 3.85. The van der Waals surface area contributed by atoms with E-state index in [-0.39, 0.29) is 20.2 Å². The second-order valence-corrected chi connectivity index (χ2v) is 9.05. The molecule has 184 valence electrons. The topological polar surface area (TPSA) is 16.4 Å². The summed E-state index contributed by atoms with van der Waals surface area (Å²) in [6, 6.07) is -19.3. The van der Waals surface area contributed by atoms with Crippen LogP contribution in [0.5, 0.6) is 0 Å². The molecule has 0 spiro atoms. The van der Waals surface area contributed by atoms with Crippen molar-refractivity contribution < 1.29 is 35.9 Å². The largest absolute Gasteiger partial charge is 0.456 e. The number of hydrogen-bond donors (Lipinski definition) is 0. The molecule has 0 amide bonds. The maximum Gasteiger partial charge on any atom is 0.135 e. The molecule has 2 nitrogen and oxygen atoms in total. The van der Waals surface area contributed by atoms with Crippen LogP contribution in [0.1, 0.15) is 31.5 Å². The Labute approximate surface area is 262 Å². The summed E-state index contributed by atoms with van der Waals surface area (Å²) in [4.78, 5) is 0.646.